The maximum absolute atomic E-state index is 6.26. The molecule has 0 unspecified atom stereocenters. The van der Waals surface area contributed by atoms with Crippen LogP contribution in [0.25, 0.3) is 0 Å². The van der Waals surface area contributed by atoms with Crippen molar-refractivity contribution in [3.63, 3.8) is 0 Å². The second-order valence-corrected chi connectivity index (χ2v) is 5.81. The number of aryl methyl sites for hydroxylation is 1. The summed E-state index contributed by atoms with van der Waals surface area (Å²) in [5.74, 6) is 1.79. The highest BCUT2D eigenvalue weighted by atomic mass is 35.5. The first-order valence-corrected chi connectivity index (χ1v) is 7.28. The Morgan fingerprint density at radius 2 is 2.05 bits per heavy atom. The van der Waals surface area contributed by atoms with Crippen LogP contribution < -0.4 is 14.8 Å². The average molecular weight is 308 g/mol. The normalized spacial score (nSPS) is 13.0. The molecule has 6 heteroatoms. The third-order valence-corrected chi connectivity index (χ3v) is 3.73. The molecule has 21 heavy (non-hydrogen) atoms. The lowest BCUT2D eigenvalue weighted by atomic mass is 10.1. The Morgan fingerprint density at radius 3 is 2.76 bits per heavy atom. The van der Waals surface area contributed by atoms with Crippen molar-refractivity contribution in [3.05, 3.63) is 34.6 Å². The first kappa shape index (κ1) is 14.1. The van der Waals surface area contributed by atoms with E-state index in [9.17, 15) is 0 Å². The molecule has 0 saturated heterocycles. The van der Waals surface area contributed by atoms with Gasteiger partial charge in [0.1, 0.15) is 0 Å². The fourth-order valence-electron chi connectivity index (χ4n) is 2.42. The van der Waals surface area contributed by atoms with Crippen molar-refractivity contribution in [1.29, 1.82) is 0 Å². The summed E-state index contributed by atoms with van der Waals surface area (Å²) in [6.07, 6.45) is 2.03. The first-order valence-electron chi connectivity index (χ1n) is 6.90. The fourth-order valence-corrected chi connectivity index (χ4v) is 2.64. The molecular formula is C15H18ClN3O2. The van der Waals surface area contributed by atoms with Gasteiger partial charge in [0.05, 0.1) is 16.4 Å². The van der Waals surface area contributed by atoms with Crippen LogP contribution >= 0.6 is 11.6 Å². The van der Waals surface area contributed by atoms with Crippen LogP contribution in [-0.2, 0) is 13.6 Å². The number of fused-ring (bicyclic) bond motifs is 1. The van der Waals surface area contributed by atoms with Crippen molar-refractivity contribution < 1.29 is 9.47 Å². The predicted octanol–water partition coefficient (Wildman–Crippen LogP) is 3.54. The number of hydrogen-bond donors (Lipinski definition) is 1. The number of rotatable bonds is 4. The Balaban J connectivity index is 1.79. The number of halogens is 1. The van der Waals surface area contributed by atoms with Crippen LogP contribution in [0.15, 0.2) is 18.3 Å². The summed E-state index contributed by atoms with van der Waals surface area (Å²) in [5, 5.41) is 8.47. The Labute approximate surface area is 128 Å². The molecule has 0 spiro atoms. The molecular weight excluding hydrogens is 290 g/mol. The van der Waals surface area contributed by atoms with E-state index in [1.807, 2.05) is 24.0 Å². The highest BCUT2D eigenvalue weighted by Crippen LogP contribution is 2.39. The zero-order valence-corrected chi connectivity index (χ0v) is 13.1. The number of anilines is 1. The summed E-state index contributed by atoms with van der Waals surface area (Å²) < 4.78 is 12.5. The van der Waals surface area contributed by atoms with E-state index in [2.05, 4.69) is 24.3 Å². The summed E-state index contributed by atoms with van der Waals surface area (Å²) in [6, 6.07) is 3.65. The molecule has 2 heterocycles. The van der Waals surface area contributed by atoms with Crippen LogP contribution in [0.1, 0.15) is 31.0 Å². The number of nitrogens with zero attached hydrogens (tertiary/aromatic N) is 2. The number of hydrogen-bond acceptors (Lipinski definition) is 4. The van der Waals surface area contributed by atoms with E-state index in [1.54, 1.807) is 6.07 Å². The second kappa shape index (κ2) is 5.48. The van der Waals surface area contributed by atoms with E-state index < -0.39 is 0 Å². The van der Waals surface area contributed by atoms with Gasteiger partial charge in [0.2, 0.25) is 6.79 Å². The van der Waals surface area contributed by atoms with Crippen molar-refractivity contribution in [1.82, 2.24) is 9.78 Å². The smallest absolute Gasteiger partial charge is 0.231 e. The van der Waals surface area contributed by atoms with Crippen LogP contribution in [0.3, 0.4) is 0 Å². The summed E-state index contributed by atoms with van der Waals surface area (Å²) >= 11 is 6.26. The lowest BCUT2D eigenvalue weighted by molar-refractivity contribution is 0.174. The quantitative estimate of drug-likeness (QED) is 0.938. The Hall–Kier alpha value is -1.88. The zero-order chi connectivity index (χ0) is 15.0. The molecule has 0 amide bonds. The number of nitrogens with one attached hydrogen (secondary N) is 1. The van der Waals surface area contributed by atoms with E-state index in [1.165, 1.54) is 5.56 Å². The van der Waals surface area contributed by atoms with E-state index in [0.29, 0.717) is 23.2 Å². The van der Waals surface area contributed by atoms with E-state index in [-0.39, 0.29) is 6.79 Å². The van der Waals surface area contributed by atoms with E-state index in [4.69, 9.17) is 21.1 Å². The fraction of sp³-hybridized carbons (Fsp3) is 0.400. The summed E-state index contributed by atoms with van der Waals surface area (Å²) in [4.78, 5) is 0. The van der Waals surface area contributed by atoms with Crippen LogP contribution in [-0.4, -0.2) is 16.6 Å². The maximum atomic E-state index is 6.26. The molecule has 0 fully saturated rings. The molecule has 0 aliphatic carbocycles. The van der Waals surface area contributed by atoms with Gasteiger partial charge >= 0.3 is 0 Å². The van der Waals surface area contributed by atoms with Gasteiger partial charge in [0, 0.05) is 37.5 Å². The van der Waals surface area contributed by atoms with Crippen molar-refractivity contribution in [2.24, 2.45) is 7.05 Å². The van der Waals surface area contributed by atoms with Gasteiger partial charge < -0.3 is 14.8 Å². The van der Waals surface area contributed by atoms with Crippen molar-refractivity contribution >= 4 is 17.3 Å². The molecule has 1 aromatic carbocycles. The molecule has 2 aromatic rings. The largest absolute Gasteiger partial charge is 0.454 e. The van der Waals surface area contributed by atoms with Crippen LogP contribution in [0.2, 0.25) is 5.02 Å². The minimum atomic E-state index is 0.245. The van der Waals surface area contributed by atoms with Gasteiger partial charge in [-0.3, -0.25) is 4.68 Å². The average Bonchev–Trinajstić information content (AvgIpc) is 3.01. The molecule has 5 nitrogen and oxygen atoms in total. The van der Waals surface area contributed by atoms with Gasteiger partial charge in [-0.15, -0.1) is 0 Å². The van der Waals surface area contributed by atoms with Gasteiger partial charge in [-0.2, -0.15) is 5.10 Å². The predicted molar refractivity (Wildman–Crippen MR) is 82.2 cm³/mol. The molecule has 0 radical (unpaired) electrons. The van der Waals surface area contributed by atoms with Crippen LogP contribution in [0.4, 0.5) is 5.69 Å². The zero-order valence-electron chi connectivity index (χ0n) is 12.3. The molecule has 1 N–H and O–H groups in total. The first-order chi connectivity index (χ1) is 10.0. The van der Waals surface area contributed by atoms with Gasteiger partial charge in [-0.25, -0.2) is 0 Å². The molecule has 0 atom stereocenters. The lowest BCUT2D eigenvalue weighted by Crippen LogP contribution is -2.03. The number of aromatic nitrogens is 2. The van der Waals surface area contributed by atoms with Crippen molar-refractivity contribution in [2.45, 2.75) is 26.3 Å². The standard InChI is InChI=1S/C15H18ClN3O2/c1-9(2)15-10(7-19(3)18-15)6-17-12-5-14-13(4-11(12)16)20-8-21-14/h4-5,7,9,17H,6,8H2,1-3H3. The molecule has 0 bridgehead atoms. The lowest BCUT2D eigenvalue weighted by Gasteiger charge is -2.10. The minimum absolute atomic E-state index is 0.245. The Bertz CT molecular complexity index is 667. The second-order valence-electron chi connectivity index (χ2n) is 5.41. The molecule has 3 rings (SSSR count). The van der Waals surface area contributed by atoms with Gasteiger partial charge in [-0.05, 0) is 5.92 Å². The summed E-state index contributed by atoms with van der Waals surface area (Å²) in [5.41, 5.74) is 3.10. The van der Waals surface area contributed by atoms with Crippen LogP contribution in [0, 0.1) is 0 Å². The highest BCUT2D eigenvalue weighted by Gasteiger charge is 2.17. The molecule has 1 aliphatic heterocycles. The van der Waals surface area contributed by atoms with Crippen molar-refractivity contribution in [2.75, 3.05) is 12.1 Å². The van der Waals surface area contributed by atoms with Gasteiger partial charge in [0.15, 0.2) is 11.5 Å². The Morgan fingerprint density at radius 1 is 1.33 bits per heavy atom. The highest BCUT2D eigenvalue weighted by molar-refractivity contribution is 6.33. The minimum Gasteiger partial charge on any atom is -0.454 e. The third-order valence-electron chi connectivity index (χ3n) is 3.42. The number of ether oxygens (including phenoxy) is 2. The Kier molecular flexibility index (Phi) is 3.68. The van der Waals surface area contributed by atoms with E-state index >= 15 is 0 Å². The molecule has 112 valence electrons. The summed E-state index contributed by atoms with van der Waals surface area (Å²) in [6.45, 7) is 5.19. The van der Waals surface area contributed by atoms with Gasteiger partial charge in [0.25, 0.3) is 0 Å². The van der Waals surface area contributed by atoms with Crippen molar-refractivity contribution in [3.8, 4) is 11.5 Å². The maximum Gasteiger partial charge on any atom is 0.231 e. The molecule has 0 saturated carbocycles. The molecule has 1 aromatic heterocycles. The van der Waals surface area contributed by atoms with Gasteiger partial charge in [-0.1, -0.05) is 25.4 Å². The monoisotopic (exact) mass is 307 g/mol. The molecule has 1 aliphatic rings. The van der Waals surface area contributed by atoms with E-state index in [0.717, 1.165) is 17.1 Å². The summed E-state index contributed by atoms with van der Waals surface area (Å²) in [7, 11) is 1.93. The SMILES string of the molecule is CC(C)c1nn(C)cc1CNc1cc2c(cc1Cl)OCO2. The topological polar surface area (TPSA) is 48.3 Å². The third kappa shape index (κ3) is 2.78. The van der Waals surface area contributed by atoms with Crippen LogP contribution in [0.5, 0.6) is 11.5 Å². The number of benzene rings is 1.